The lowest BCUT2D eigenvalue weighted by atomic mass is 10.1. The third-order valence-electron chi connectivity index (χ3n) is 5.03. The average molecular weight is 391 g/mol. The highest BCUT2D eigenvalue weighted by Gasteiger charge is 2.36. The van der Waals surface area contributed by atoms with E-state index in [1.54, 1.807) is 17.2 Å². The molecule has 148 valence electrons. The van der Waals surface area contributed by atoms with Crippen LogP contribution in [0.25, 0.3) is 5.65 Å². The molecule has 0 bridgehead atoms. The summed E-state index contributed by atoms with van der Waals surface area (Å²) in [5.74, 6) is -1.10. The van der Waals surface area contributed by atoms with E-state index in [2.05, 4.69) is 4.98 Å². The Bertz CT molecular complexity index is 1150. The first-order valence-corrected chi connectivity index (χ1v) is 9.43. The monoisotopic (exact) mass is 391 g/mol. The van der Waals surface area contributed by atoms with Crippen LogP contribution < -0.4 is 10.5 Å². The lowest BCUT2D eigenvalue weighted by molar-refractivity contribution is -0.149. The fourth-order valence-electron chi connectivity index (χ4n) is 3.43. The van der Waals surface area contributed by atoms with Crippen molar-refractivity contribution in [3.63, 3.8) is 0 Å². The molecule has 1 atom stereocenters. The number of esters is 1. The molecule has 29 heavy (non-hydrogen) atoms. The van der Waals surface area contributed by atoms with Crippen molar-refractivity contribution in [3.05, 3.63) is 75.8 Å². The van der Waals surface area contributed by atoms with Crippen LogP contribution in [-0.2, 0) is 20.9 Å². The Labute approximate surface area is 167 Å². The van der Waals surface area contributed by atoms with Gasteiger partial charge in [0.15, 0.2) is 0 Å². The summed E-state index contributed by atoms with van der Waals surface area (Å²) in [6, 6.07) is 12.6. The first-order chi connectivity index (χ1) is 13.9. The molecule has 4 rings (SSSR count). The molecule has 0 saturated carbocycles. The molecule has 1 saturated heterocycles. The van der Waals surface area contributed by atoms with Crippen LogP contribution in [0.4, 0.5) is 5.69 Å². The number of amides is 1. The zero-order valence-electron chi connectivity index (χ0n) is 16.3. The number of aromatic nitrogens is 2. The molecule has 1 unspecified atom stereocenters. The molecular weight excluding hydrogens is 370 g/mol. The molecule has 7 nitrogen and oxygen atoms in total. The van der Waals surface area contributed by atoms with E-state index in [1.165, 1.54) is 10.5 Å². The summed E-state index contributed by atoms with van der Waals surface area (Å²) < 4.78 is 6.82. The Morgan fingerprint density at radius 1 is 1.10 bits per heavy atom. The van der Waals surface area contributed by atoms with Gasteiger partial charge in [0.1, 0.15) is 12.3 Å². The van der Waals surface area contributed by atoms with Crippen molar-refractivity contribution in [1.82, 2.24) is 9.38 Å². The number of rotatable bonds is 4. The molecule has 7 heteroatoms. The highest BCUT2D eigenvalue weighted by atomic mass is 16.5. The lowest BCUT2D eigenvalue weighted by Crippen LogP contribution is -2.26. The van der Waals surface area contributed by atoms with Crippen LogP contribution in [0.1, 0.15) is 23.2 Å². The van der Waals surface area contributed by atoms with Crippen molar-refractivity contribution in [3.8, 4) is 0 Å². The van der Waals surface area contributed by atoms with Crippen molar-refractivity contribution in [1.29, 1.82) is 0 Å². The van der Waals surface area contributed by atoms with E-state index in [-0.39, 0.29) is 31.0 Å². The Morgan fingerprint density at radius 3 is 2.59 bits per heavy atom. The topological polar surface area (TPSA) is 81.0 Å². The zero-order chi connectivity index (χ0) is 20.5. The second-order valence-corrected chi connectivity index (χ2v) is 7.37. The SMILES string of the molecule is Cc1ccc(N2CC(C(=O)OCc3cc(=O)n4cc(C)ccc4n3)CC2=O)cc1. The Kier molecular flexibility index (Phi) is 4.88. The standard InChI is InChI=1S/C22H21N3O4/c1-14-3-6-18(7-4-14)24-12-16(9-20(24)26)22(28)29-13-17-10-21(27)25-11-15(2)5-8-19(25)23-17/h3-8,10-11,16H,9,12-13H2,1-2H3. The van der Waals surface area contributed by atoms with Crippen LogP contribution in [0.15, 0.2) is 53.5 Å². The lowest BCUT2D eigenvalue weighted by Gasteiger charge is -2.16. The van der Waals surface area contributed by atoms with Crippen LogP contribution in [-0.4, -0.2) is 27.8 Å². The smallest absolute Gasteiger partial charge is 0.311 e. The zero-order valence-corrected chi connectivity index (χ0v) is 16.3. The Balaban J connectivity index is 1.43. The number of aryl methyl sites for hydroxylation is 2. The molecule has 1 aliphatic rings. The number of fused-ring (bicyclic) bond motifs is 1. The van der Waals surface area contributed by atoms with Gasteiger partial charge in [0.2, 0.25) is 5.91 Å². The minimum Gasteiger partial charge on any atom is -0.459 e. The van der Waals surface area contributed by atoms with Crippen molar-refractivity contribution < 1.29 is 14.3 Å². The number of carbonyl (C=O) groups is 2. The number of anilines is 1. The predicted octanol–water partition coefficient (Wildman–Crippen LogP) is 2.41. The maximum atomic E-state index is 12.5. The minimum atomic E-state index is -0.534. The number of ether oxygens (including phenoxy) is 1. The molecule has 0 aliphatic carbocycles. The molecular formula is C22H21N3O4. The van der Waals surface area contributed by atoms with Gasteiger partial charge in [0.05, 0.1) is 11.6 Å². The molecule has 1 aliphatic heterocycles. The summed E-state index contributed by atoms with van der Waals surface area (Å²) in [7, 11) is 0. The van der Waals surface area contributed by atoms with Gasteiger partial charge in [-0.25, -0.2) is 4.98 Å². The maximum Gasteiger partial charge on any atom is 0.311 e. The van der Waals surface area contributed by atoms with E-state index in [1.807, 2.05) is 44.2 Å². The van der Waals surface area contributed by atoms with Gasteiger partial charge < -0.3 is 9.64 Å². The summed E-state index contributed by atoms with van der Waals surface area (Å²) >= 11 is 0. The highest BCUT2D eigenvalue weighted by molar-refractivity contribution is 5.99. The van der Waals surface area contributed by atoms with E-state index in [0.717, 1.165) is 16.8 Å². The molecule has 1 aromatic carbocycles. The second kappa shape index (κ2) is 7.50. The van der Waals surface area contributed by atoms with Crippen LogP contribution in [0.3, 0.4) is 0 Å². The van der Waals surface area contributed by atoms with Gasteiger partial charge >= 0.3 is 5.97 Å². The third kappa shape index (κ3) is 3.89. The average Bonchev–Trinajstić information content (AvgIpc) is 3.09. The minimum absolute atomic E-state index is 0.103. The first kappa shape index (κ1) is 18.9. The van der Waals surface area contributed by atoms with Gasteiger partial charge in [-0.05, 0) is 37.6 Å². The number of carbonyl (C=O) groups excluding carboxylic acids is 2. The van der Waals surface area contributed by atoms with Crippen molar-refractivity contribution in [2.24, 2.45) is 5.92 Å². The van der Waals surface area contributed by atoms with Crippen LogP contribution in [0.2, 0.25) is 0 Å². The number of benzene rings is 1. The van der Waals surface area contributed by atoms with Gasteiger partial charge in [-0.15, -0.1) is 0 Å². The number of hydrogen-bond donors (Lipinski definition) is 0. The predicted molar refractivity (Wildman–Crippen MR) is 108 cm³/mol. The third-order valence-corrected chi connectivity index (χ3v) is 5.03. The van der Waals surface area contributed by atoms with Crippen LogP contribution in [0.5, 0.6) is 0 Å². The van der Waals surface area contributed by atoms with E-state index in [0.29, 0.717) is 11.3 Å². The number of pyridine rings is 1. The number of hydrogen-bond acceptors (Lipinski definition) is 5. The normalized spacial score (nSPS) is 16.4. The quantitative estimate of drug-likeness (QED) is 0.638. The second-order valence-electron chi connectivity index (χ2n) is 7.37. The molecule has 0 N–H and O–H groups in total. The van der Waals surface area contributed by atoms with Gasteiger partial charge in [-0.3, -0.25) is 18.8 Å². The summed E-state index contributed by atoms with van der Waals surface area (Å²) in [4.78, 5) is 43.0. The fourth-order valence-corrected chi connectivity index (χ4v) is 3.43. The van der Waals surface area contributed by atoms with Crippen LogP contribution in [0, 0.1) is 19.8 Å². The molecule has 0 radical (unpaired) electrons. The molecule has 1 fully saturated rings. The van der Waals surface area contributed by atoms with E-state index >= 15 is 0 Å². The van der Waals surface area contributed by atoms with E-state index in [4.69, 9.17) is 4.74 Å². The van der Waals surface area contributed by atoms with Gasteiger partial charge in [0, 0.05) is 30.9 Å². The van der Waals surface area contributed by atoms with Gasteiger partial charge in [-0.2, -0.15) is 0 Å². The highest BCUT2D eigenvalue weighted by Crippen LogP contribution is 2.26. The van der Waals surface area contributed by atoms with Gasteiger partial charge in [0.25, 0.3) is 5.56 Å². The van der Waals surface area contributed by atoms with E-state index < -0.39 is 11.9 Å². The number of nitrogens with zero attached hydrogens (tertiary/aromatic N) is 3. The summed E-state index contributed by atoms with van der Waals surface area (Å²) in [6.45, 7) is 4.05. The summed E-state index contributed by atoms with van der Waals surface area (Å²) in [6.07, 6.45) is 1.82. The summed E-state index contributed by atoms with van der Waals surface area (Å²) in [5, 5.41) is 0. The molecule has 2 aromatic heterocycles. The Morgan fingerprint density at radius 2 is 1.83 bits per heavy atom. The van der Waals surface area contributed by atoms with E-state index in [9.17, 15) is 14.4 Å². The van der Waals surface area contributed by atoms with Crippen molar-refractivity contribution >= 4 is 23.2 Å². The maximum absolute atomic E-state index is 12.5. The van der Waals surface area contributed by atoms with Gasteiger partial charge in [-0.1, -0.05) is 23.8 Å². The van der Waals surface area contributed by atoms with Crippen molar-refractivity contribution in [2.45, 2.75) is 26.9 Å². The molecule has 3 heterocycles. The summed E-state index contributed by atoms with van der Waals surface area (Å²) in [5.41, 5.74) is 3.47. The molecule has 1 amide bonds. The molecule has 3 aromatic rings. The van der Waals surface area contributed by atoms with Crippen molar-refractivity contribution in [2.75, 3.05) is 11.4 Å². The first-order valence-electron chi connectivity index (χ1n) is 9.43. The largest absolute Gasteiger partial charge is 0.459 e. The Hall–Kier alpha value is -3.48. The fraction of sp³-hybridized carbons (Fsp3) is 0.273. The van der Waals surface area contributed by atoms with Crippen LogP contribution >= 0.6 is 0 Å². The molecule has 0 spiro atoms.